The molecule has 1 saturated heterocycles. The van der Waals surface area contributed by atoms with E-state index in [-0.39, 0.29) is 5.91 Å². The Balaban J connectivity index is 1.34. The molecule has 1 fully saturated rings. The number of hydrogen-bond donors (Lipinski definition) is 0. The number of carbonyl (C=O) groups is 1. The van der Waals surface area contributed by atoms with Gasteiger partial charge < -0.3 is 4.90 Å². The van der Waals surface area contributed by atoms with Crippen molar-refractivity contribution in [2.45, 2.75) is 0 Å². The molecule has 0 atom stereocenters. The van der Waals surface area contributed by atoms with Crippen LogP contribution in [0.25, 0.3) is 28.2 Å². The summed E-state index contributed by atoms with van der Waals surface area (Å²) in [6.07, 6.45) is 4.33. The van der Waals surface area contributed by atoms with E-state index in [0.29, 0.717) is 34.4 Å². The fourth-order valence-corrected chi connectivity index (χ4v) is 4.90. The van der Waals surface area contributed by atoms with E-state index in [1.165, 1.54) is 5.56 Å². The highest BCUT2D eigenvalue weighted by atomic mass is 35.5. The van der Waals surface area contributed by atoms with Crippen LogP contribution in [0.4, 0.5) is 0 Å². The molecule has 35 heavy (non-hydrogen) atoms. The van der Waals surface area contributed by atoms with Crippen LogP contribution in [0.1, 0.15) is 15.9 Å². The fourth-order valence-electron chi connectivity index (χ4n) is 4.39. The van der Waals surface area contributed by atoms with Crippen molar-refractivity contribution in [1.29, 1.82) is 0 Å². The predicted molar refractivity (Wildman–Crippen MR) is 145 cm³/mol. The maximum atomic E-state index is 13.7. The van der Waals surface area contributed by atoms with Gasteiger partial charge in [-0.3, -0.25) is 9.69 Å². The molecule has 0 spiro atoms. The van der Waals surface area contributed by atoms with Crippen molar-refractivity contribution < 1.29 is 4.79 Å². The van der Waals surface area contributed by atoms with Crippen molar-refractivity contribution in [2.24, 2.45) is 0 Å². The molecule has 0 saturated carbocycles. The van der Waals surface area contributed by atoms with Crippen molar-refractivity contribution in [2.75, 3.05) is 32.7 Å². The van der Waals surface area contributed by atoms with Gasteiger partial charge >= 0.3 is 0 Å². The second-order valence-electron chi connectivity index (χ2n) is 8.60. The molecule has 176 valence electrons. The quantitative estimate of drug-likeness (QED) is 0.306. The minimum atomic E-state index is 0.0226. The maximum Gasteiger partial charge on any atom is 0.254 e. The van der Waals surface area contributed by atoms with Gasteiger partial charge in [-0.1, -0.05) is 83.9 Å². The molecule has 4 aromatic rings. The average Bonchev–Trinajstić information content (AvgIpc) is 2.89. The van der Waals surface area contributed by atoms with Gasteiger partial charge in [0.1, 0.15) is 0 Å². The number of amides is 1. The number of nitrogens with zero attached hydrogens (tertiary/aromatic N) is 3. The van der Waals surface area contributed by atoms with Gasteiger partial charge in [-0.2, -0.15) is 0 Å². The Hall–Kier alpha value is -3.18. The largest absolute Gasteiger partial charge is 0.336 e. The first kappa shape index (κ1) is 23.6. The van der Waals surface area contributed by atoms with E-state index in [1.54, 1.807) is 12.1 Å². The van der Waals surface area contributed by atoms with Crippen molar-refractivity contribution >= 4 is 46.1 Å². The molecule has 6 heteroatoms. The summed E-state index contributed by atoms with van der Waals surface area (Å²) >= 11 is 12.5. The Morgan fingerprint density at radius 1 is 0.886 bits per heavy atom. The van der Waals surface area contributed by atoms with Crippen LogP contribution in [-0.4, -0.2) is 53.4 Å². The van der Waals surface area contributed by atoms with Crippen molar-refractivity contribution in [1.82, 2.24) is 14.8 Å². The molecule has 0 N–H and O–H groups in total. The third-order valence-corrected chi connectivity index (χ3v) is 6.83. The maximum absolute atomic E-state index is 13.7. The van der Waals surface area contributed by atoms with Gasteiger partial charge in [0.05, 0.1) is 21.8 Å². The number of piperazine rings is 1. The first-order valence-corrected chi connectivity index (χ1v) is 12.4. The number of aromatic nitrogens is 1. The number of benzene rings is 3. The molecule has 1 aromatic heterocycles. The van der Waals surface area contributed by atoms with Crippen LogP contribution in [0.5, 0.6) is 0 Å². The number of fused-ring (bicyclic) bond motifs is 1. The summed E-state index contributed by atoms with van der Waals surface area (Å²) in [5.74, 6) is 0.0226. The fraction of sp³-hybridized carbons (Fsp3) is 0.172. The van der Waals surface area contributed by atoms with Crippen molar-refractivity contribution in [3.63, 3.8) is 0 Å². The molecule has 4 nitrogen and oxygen atoms in total. The first-order chi connectivity index (χ1) is 17.1. The highest BCUT2D eigenvalue weighted by Crippen LogP contribution is 2.32. The Kier molecular flexibility index (Phi) is 7.14. The number of halogens is 2. The number of hydrogen-bond acceptors (Lipinski definition) is 3. The molecular formula is C29H25Cl2N3O. The van der Waals surface area contributed by atoms with Crippen molar-refractivity contribution in [3.05, 3.63) is 106 Å². The van der Waals surface area contributed by atoms with Gasteiger partial charge in [0, 0.05) is 48.7 Å². The number of rotatable bonds is 5. The summed E-state index contributed by atoms with van der Waals surface area (Å²) in [6.45, 7) is 3.92. The zero-order valence-electron chi connectivity index (χ0n) is 19.2. The van der Waals surface area contributed by atoms with E-state index in [2.05, 4.69) is 29.2 Å². The Morgan fingerprint density at radius 3 is 2.40 bits per heavy atom. The molecular weight excluding hydrogens is 477 g/mol. The smallest absolute Gasteiger partial charge is 0.254 e. The van der Waals surface area contributed by atoms with Crippen molar-refractivity contribution in [3.8, 4) is 11.3 Å². The van der Waals surface area contributed by atoms with E-state index in [0.717, 1.165) is 36.1 Å². The van der Waals surface area contributed by atoms with Crippen LogP contribution in [0, 0.1) is 0 Å². The van der Waals surface area contributed by atoms with Gasteiger partial charge in [0.2, 0.25) is 0 Å². The average molecular weight is 502 g/mol. The Bertz CT molecular complexity index is 1380. The lowest BCUT2D eigenvalue weighted by atomic mass is 10.0. The van der Waals surface area contributed by atoms with Gasteiger partial charge in [0.15, 0.2) is 0 Å². The second kappa shape index (κ2) is 10.6. The van der Waals surface area contributed by atoms with E-state index >= 15 is 0 Å². The lowest BCUT2D eigenvalue weighted by Gasteiger charge is -2.34. The predicted octanol–water partition coefficient (Wildman–Crippen LogP) is 6.68. The molecule has 1 aliphatic rings. The van der Waals surface area contributed by atoms with E-state index in [9.17, 15) is 4.79 Å². The van der Waals surface area contributed by atoms with Gasteiger partial charge in [-0.05, 0) is 35.9 Å². The molecule has 0 aliphatic carbocycles. The molecule has 1 amide bonds. The van der Waals surface area contributed by atoms with E-state index < -0.39 is 0 Å². The van der Waals surface area contributed by atoms with Gasteiger partial charge in [-0.15, -0.1) is 0 Å². The normalized spacial score (nSPS) is 14.6. The zero-order valence-corrected chi connectivity index (χ0v) is 20.7. The molecule has 3 aromatic carbocycles. The van der Waals surface area contributed by atoms with Crippen LogP contribution in [0.2, 0.25) is 10.0 Å². The molecule has 5 rings (SSSR count). The summed E-state index contributed by atoms with van der Waals surface area (Å²) in [4.78, 5) is 22.7. The second-order valence-corrected chi connectivity index (χ2v) is 9.45. The summed E-state index contributed by atoms with van der Waals surface area (Å²) in [5.41, 5.74) is 4.03. The molecule has 2 heterocycles. The highest BCUT2D eigenvalue weighted by molar-refractivity contribution is 6.36. The van der Waals surface area contributed by atoms with Gasteiger partial charge in [-0.25, -0.2) is 4.98 Å². The summed E-state index contributed by atoms with van der Waals surface area (Å²) < 4.78 is 0. The van der Waals surface area contributed by atoms with Crippen LogP contribution in [-0.2, 0) is 0 Å². The first-order valence-electron chi connectivity index (χ1n) is 11.7. The molecule has 0 bridgehead atoms. The Morgan fingerprint density at radius 2 is 1.63 bits per heavy atom. The summed E-state index contributed by atoms with van der Waals surface area (Å²) in [5, 5.41) is 1.92. The minimum absolute atomic E-state index is 0.0226. The highest BCUT2D eigenvalue weighted by Gasteiger charge is 2.24. The third kappa shape index (κ3) is 5.40. The molecule has 0 radical (unpaired) electrons. The van der Waals surface area contributed by atoms with Crippen LogP contribution in [0.15, 0.2) is 84.9 Å². The van der Waals surface area contributed by atoms with E-state index in [4.69, 9.17) is 28.2 Å². The van der Waals surface area contributed by atoms with Crippen LogP contribution >= 0.6 is 23.2 Å². The zero-order chi connectivity index (χ0) is 24.2. The molecule has 1 aliphatic heterocycles. The number of carbonyl (C=O) groups excluding carboxylic acids is 1. The van der Waals surface area contributed by atoms with Gasteiger partial charge in [0.25, 0.3) is 5.91 Å². The van der Waals surface area contributed by atoms with Crippen LogP contribution in [0.3, 0.4) is 0 Å². The summed E-state index contributed by atoms with van der Waals surface area (Å²) in [6, 6.07) is 25.2. The standard InChI is InChI=1S/C29H25Cl2N3O/c30-22-12-13-24(26(31)19-22)28-20-25(23-10-4-5-11-27(23)32-28)29(35)34-17-15-33(16-18-34)14-6-9-21-7-2-1-3-8-21/h1-13,19-20H,14-18H2/b9-6+. The number of para-hydroxylation sites is 1. The summed E-state index contributed by atoms with van der Waals surface area (Å²) in [7, 11) is 0. The lowest BCUT2D eigenvalue weighted by Crippen LogP contribution is -2.48. The Labute approximate surface area is 215 Å². The third-order valence-electron chi connectivity index (χ3n) is 6.29. The SMILES string of the molecule is O=C(c1cc(-c2ccc(Cl)cc2Cl)nc2ccccc12)N1CCN(C/C=C/c2ccccc2)CC1. The minimum Gasteiger partial charge on any atom is -0.336 e. The monoisotopic (exact) mass is 501 g/mol. The number of pyridine rings is 1. The van der Waals surface area contributed by atoms with Crippen LogP contribution < -0.4 is 0 Å². The lowest BCUT2D eigenvalue weighted by molar-refractivity contribution is 0.0652. The molecule has 0 unspecified atom stereocenters. The van der Waals surface area contributed by atoms with E-state index in [1.807, 2.05) is 59.5 Å². The topological polar surface area (TPSA) is 36.4 Å².